The molecule has 0 fully saturated rings. The van der Waals surface area contributed by atoms with Crippen molar-refractivity contribution in [3.63, 3.8) is 0 Å². The number of nitrogens with two attached hydrogens (primary N) is 1. The molecule has 2 N–H and O–H groups in total. The van der Waals surface area contributed by atoms with E-state index in [1.165, 1.54) is 12.1 Å². The molecule has 0 saturated carbocycles. The minimum Gasteiger partial charge on any atom is -0.493 e. The van der Waals surface area contributed by atoms with Gasteiger partial charge in [-0.1, -0.05) is 25.0 Å². The molecule has 0 atom stereocenters. The molecular formula is C18H19NO4S. The van der Waals surface area contributed by atoms with Crippen LogP contribution in [0.5, 0.6) is 11.5 Å². The van der Waals surface area contributed by atoms with Crippen LogP contribution in [0.2, 0.25) is 0 Å². The zero-order valence-electron chi connectivity index (χ0n) is 13.4. The van der Waals surface area contributed by atoms with Crippen LogP contribution in [-0.2, 0) is 10.0 Å². The summed E-state index contributed by atoms with van der Waals surface area (Å²) in [5, 5.41) is 5.12. The van der Waals surface area contributed by atoms with Gasteiger partial charge in [0.2, 0.25) is 10.0 Å². The maximum atomic E-state index is 11.4. The fourth-order valence-corrected chi connectivity index (χ4v) is 2.63. The van der Waals surface area contributed by atoms with Gasteiger partial charge in [0.05, 0.1) is 11.5 Å². The second-order valence-corrected chi connectivity index (χ2v) is 6.63. The molecule has 0 spiro atoms. The quantitative estimate of drug-likeness (QED) is 0.783. The summed E-state index contributed by atoms with van der Waals surface area (Å²) >= 11 is 0. The van der Waals surface area contributed by atoms with E-state index in [1.807, 2.05) is 13.0 Å². The van der Waals surface area contributed by atoms with E-state index in [4.69, 9.17) is 21.0 Å². The van der Waals surface area contributed by atoms with Gasteiger partial charge in [0.25, 0.3) is 0 Å². The Hall–Kier alpha value is -2.49. The van der Waals surface area contributed by atoms with E-state index >= 15 is 0 Å². The van der Waals surface area contributed by atoms with Crippen LogP contribution in [0.1, 0.15) is 13.3 Å². The van der Waals surface area contributed by atoms with E-state index in [-0.39, 0.29) is 11.5 Å². The van der Waals surface area contributed by atoms with Crippen molar-refractivity contribution in [1.29, 1.82) is 0 Å². The fourth-order valence-electron chi connectivity index (χ4n) is 2.11. The lowest BCUT2D eigenvalue weighted by atomic mass is 10.0. The minimum absolute atomic E-state index is 0.0660. The van der Waals surface area contributed by atoms with Crippen molar-refractivity contribution in [1.82, 2.24) is 0 Å². The standard InChI is InChI=1S/C18H19NO4S/c1-3-11-22-15-7-10-17(18(13-15)23-12-4-2)14-5-8-16(9-6-14)24(19,20)21/h1,5-10,13H,4,11-12H2,2H3,(H2,19,20,21). The molecule has 24 heavy (non-hydrogen) atoms. The van der Waals surface area contributed by atoms with Crippen LogP contribution in [-0.4, -0.2) is 21.6 Å². The van der Waals surface area contributed by atoms with Crippen LogP contribution < -0.4 is 14.6 Å². The molecule has 0 radical (unpaired) electrons. The Kier molecular flexibility index (Phi) is 5.85. The van der Waals surface area contributed by atoms with Gasteiger partial charge in [-0.15, -0.1) is 6.42 Å². The number of ether oxygens (including phenoxy) is 2. The summed E-state index contributed by atoms with van der Waals surface area (Å²) in [6.45, 7) is 2.75. The molecule has 2 aromatic carbocycles. The fraction of sp³-hybridized carbons (Fsp3) is 0.222. The maximum absolute atomic E-state index is 11.4. The largest absolute Gasteiger partial charge is 0.493 e. The van der Waals surface area contributed by atoms with Crippen LogP contribution in [0.4, 0.5) is 0 Å². The van der Waals surface area contributed by atoms with E-state index in [0.29, 0.717) is 18.1 Å². The van der Waals surface area contributed by atoms with Gasteiger partial charge in [0.1, 0.15) is 18.1 Å². The first-order chi connectivity index (χ1) is 11.5. The van der Waals surface area contributed by atoms with Gasteiger partial charge in [0.15, 0.2) is 0 Å². The number of hydrogen-bond acceptors (Lipinski definition) is 4. The number of terminal acetylenes is 1. The van der Waals surface area contributed by atoms with Crippen molar-refractivity contribution >= 4 is 10.0 Å². The lowest BCUT2D eigenvalue weighted by molar-refractivity contribution is 0.314. The molecular weight excluding hydrogens is 326 g/mol. The van der Waals surface area contributed by atoms with E-state index in [1.54, 1.807) is 24.3 Å². The summed E-state index contributed by atoms with van der Waals surface area (Å²) < 4.78 is 33.9. The molecule has 0 saturated heterocycles. The number of primary sulfonamides is 1. The first kappa shape index (κ1) is 17.9. The van der Waals surface area contributed by atoms with E-state index in [2.05, 4.69) is 5.92 Å². The van der Waals surface area contributed by atoms with Crippen LogP contribution in [0.25, 0.3) is 11.1 Å². The van der Waals surface area contributed by atoms with Crippen LogP contribution in [0, 0.1) is 12.3 Å². The number of benzene rings is 2. The van der Waals surface area contributed by atoms with Gasteiger partial charge in [0, 0.05) is 11.6 Å². The first-order valence-corrected chi connectivity index (χ1v) is 8.96. The predicted molar refractivity (Wildman–Crippen MR) is 93.4 cm³/mol. The monoisotopic (exact) mass is 345 g/mol. The van der Waals surface area contributed by atoms with E-state index in [9.17, 15) is 8.42 Å². The third-order valence-corrected chi connectivity index (χ3v) is 4.16. The van der Waals surface area contributed by atoms with Crippen molar-refractivity contribution in [3.8, 4) is 35.0 Å². The minimum atomic E-state index is -3.71. The SMILES string of the molecule is C#CCOc1ccc(-c2ccc(S(N)(=O)=O)cc2)c(OCCC)c1. The Balaban J connectivity index is 2.38. The molecule has 2 rings (SSSR count). The molecule has 0 aliphatic rings. The van der Waals surface area contributed by atoms with Crippen LogP contribution >= 0.6 is 0 Å². The second kappa shape index (κ2) is 7.86. The number of sulfonamides is 1. The van der Waals surface area contributed by atoms with Gasteiger partial charge in [-0.3, -0.25) is 0 Å². The molecule has 0 amide bonds. The molecule has 0 aromatic heterocycles. The zero-order valence-corrected chi connectivity index (χ0v) is 14.2. The normalized spacial score (nSPS) is 10.9. The summed E-state index contributed by atoms with van der Waals surface area (Å²) in [5.74, 6) is 3.68. The van der Waals surface area contributed by atoms with Crippen molar-refractivity contribution in [2.24, 2.45) is 5.14 Å². The molecule has 2 aromatic rings. The lowest BCUT2D eigenvalue weighted by Crippen LogP contribution is -2.11. The highest BCUT2D eigenvalue weighted by Gasteiger charge is 2.11. The Morgan fingerprint density at radius 2 is 1.83 bits per heavy atom. The highest BCUT2D eigenvalue weighted by atomic mass is 32.2. The molecule has 0 unspecified atom stereocenters. The first-order valence-electron chi connectivity index (χ1n) is 7.42. The van der Waals surface area contributed by atoms with Crippen molar-refractivity contribution < 1.29 is 17.9 Å². The van der Waals surface area contributed by atoms with Gasteiger partial charge in [-0.2, -0.15) is 0 Å². The van der Waals surface area contributed by atoms with Crippen LogP contribution in [0.3, 0.4) is 0 Å². The van der Waals surface area contributed by atoms with Gasteiger partial charge >= 0.3 is 0 Å². The van der Waals surface area contributed by atoms with Crippen molar-refractivity contribution in [3.05, 3.63) is 42.5 Å². The maximum Gasteiger partial charge on any atom is 0.238 e. The molecule has 0 bridgehead atoms. The van der Waals surface area contributed by atoms with Gasteiger partial charge in [-0.25, -0.2) is 13.6 Å². The van der Waals surface area contributed by atoms with E-state index < -0.39 is 10.0 Å². The Labute approximate surface area is 142 Å². The average molecular weight is 345 g/mol. The van der Waals surface area contributed by atoms with Crippen molar-refractivity contribution in [2.75, 3.05) is 13.2 Å². The highest BCUT2D eigenvalue weighted by Crippen LogP contribution is 2.34. The molecule has 0 aliphatic heterocycles. The molecule has 0 heterocycles. The summed E-state index contributed by atoms with van der Waals surface area (Å²) in [6, 6.07) is 11.7. The number of hydrogen-bond donors (Lipinski definition) is 1. The van der Waals surface area contributed by atoms with E-state index in [0.717, 1.165) is 17.5 Å². The third-order valence-electron chi connectivity index (χ3n) is 3.23. The second-order valence-electron chi connectivity index (χ2n) is 5.07. The lowest BCUT2D eigenvalue weighted by Gasteiger charge is -2.13. The average Bonchev–Trinajstić information content (AvgIpc) is 2.57. The highest BCUT2D eigenvalue weighted by molar-refractivity contribution is 7.89. The van der Waals surface area contributed by atoms with Crippen LogP contribution in [0.15, 0.2) is 47.4 Å². The molecule has 0 aliphatic carbocycles. The third kappa shape index (κ3) is 4.51. The number of rotatable bonds is 7. The van der Waals surface area contributed by atoms with Crippen molar-refractivity contribution in [2.45, 2.75) is 18.2 Å². The molecule has 126 valence electrons. The van der Waals surface area contributed by atoms with Gasteiger partial charge < -0.3 is 9.47 Å². The summed E-state index contributed by atoms with van der Waals surface area (Å²) in [7, 11) is -3.71. The smallest absolute Gasteiger partial charge is 0.238 e. The summed E-state index contributed by atoms with van der Waals surface area (Å²) in [4.78, 5) is 0.0660. The zero-order chi connectivity index (χ0) is 17.6. The Morgan fingerprint density at radius 3 is 2.42 bits per heavy atom. The van der Waals surface area contributed by atoms with Gasteiger partial charge in [-0.05, 0) is 36.2 Å². The predicted octanol–water partition coefficient (Wildman–Crippen LogP) is 2.80. The molecule has 6 heteroatoms. The Bertz CT molecular complexity index is 836. The summed E-state index contributed by atoms with van der Waals surface area (Å²) in [5.41, 5.74) is 1.65. The Morgan fingerprint density at radius 1 is 1.12 bits per heavy atom. The topological polar surface area (TPSA) is 78.6 Å². The molecule has 5 nitrogen and oxygen atoms in total. The summed E-state index contributed by atoms with van der Waals surface area (Å²) in [6.07, 6.45) is 6.06.